The monoisotopic (exact) mass is 1100 g/mol. The molecule has 0 unspecified atom stereocenters. The summed E-state index contributed by atoms with van der Waals surface area (Å²) in [6.07, 6.45) is 15.8. The molecule has 0 aliphatic heterocycles. The number of unbranched alkanes of at least 4 members (excludes halogenated alkanes) is 3. The van der Waals surface area contributed by atoms with Gasteiger partial charge in [-0.25, -0.2) is 4.98 Å². The van der Waals surface area contributed by atoms with Crippen molar-refractivity contribution in [1.29, 1.82) is 5.41 Å². The molecule has 0 saturated heterocycles. The molecular formula is C51H42F3N7O8RuS2. The van der Waals surface area contributed by atoms with Crippen molar-refractivity contribution in [2.45, 2.75) is 45.2 Å². The van der Waals surface area contributed by atoms with Gasteiger partial charge in [0.25, 0.3) is 25.9 Å². The quantitative estimate of drug-likeness (QED) is 0.0167. The molecule has 0 atom stereocenters. The number of rotatable bonds is 22. The number of pyridine rings is 4. The Kier molecular flexibility index (Phi) is 25.4. The summed E-state index contributed by atoms with van der Waals surface area (Å²) < 4.78 is 56.6. The normalized spacial score (nSPS) is 11.0. The van der Waals surface area contributed by atoms with Gasteiger partial charge in [0.15, 0.2) is 0 Å². The first-order chi connectivity index (χ1) is 34.3. The molecule has 0 saturated carbocycles. The van der Waals surface area contributed by atoms with Gasteiger partial charge in [-0.1, -0.05) is 44.5 Å². The first-order valence-corrected chi connectivity index (χ1v) is 22.2. The molecule has 0 aliphatic rings. The summed E-state index contributed by atoms with van der Waals surface area (Å²) in [5.74, 6) is 0.315. The van der Waals surface area contributed by atoms with E-state index in [1.807, 2.05) is 12.2 Å². The average Bonchev–Trinajstić information content (AvgIpc) is 3.83. The van der Waals surface area contributed by atoms with Crippen LogP contribution in [0.1, 0.15) is 64.7 Å². The summed E-state index contributed by atoms with van der Waals surface area (Å²) in [5.41, 5.74) is 11.1. The summed E-state index contributed by atoms with van der Waals surface area (Å²) in [5, 5.41) is 15.4. The largest absolute Gasteiger partial charge is 2.00 e. The Morgan fingerprint density at radius 1 is 0.708 bits per heavy atom. The zero-order chi connectivity index (χ0) is 51.4. The van der Waals surface area contributed by atoms with E-state index >= 15 is 0 Å². The van der Waals surface area contributed by atoms with E-state index in [1.54, 1.807) is 90.5 Å². The standard InChI is InChI=1S/C29H19N3O8.C21H23F3N3S.CNS.Ru/c33-16-37-7-3-20-1-5-30-26(9-20)28-13-23(22-11-24(39-18-35)15-25(12-22)40-19-36)14-29(32-28)27-10-21(2-6-31-27)4-8-38-17-34;1-2-3-4-5-6-16-9-10-17(28-16)8-7-15-11-12-27-19(13-15)18(25)14-20(26)21(22,23)24;2-1-3;/h1-19H;7-14,25-26H,2-6H2,1H3;;/q;2*-1;+2/b7-3+,8-4+;8-7+,18-14-,26-20?;;. The summed E-state index contributed by atoms with van der Waals surface area (Å²) >= 11 is 5.43. The third kappa shape index (κ3) is 19.8. The van der Waals surface area contributed by atoms with Crippen LogP contribution in [0.4, 0.5) is 13.2 Å². The van der Waals surface area contributed by atoms with Gasteiger partial charge in [-0.05, 0) is 138 Å². The molecule has 2 N–H and O–H groups in total. The van der Waals surface area contributed by atoms with Crippen molar-refractivity contribution in [1.82, 2.24) is 19.9 Å². The number of aryl methyl sites for hydroxylation is 1. The van der Waals surface area contributed by atoms with E-state index < -0.39 is 17.6 Å². The molecule has 6 aromatic rings. The number of halogens is 3. The van der Waals surface area contributed by atoms with E-state index in [0.29, 0.717) is 64.0 Å². The zero-order valence-electron chi connectivity index (χ0n) is 37.9. The summed E-state index contributed by atoms with van der Waals surface area (Å²) in [6.45, 7) is 3.34. The zero-order valence-corrected chi connectivity index (χ0v) is 41.3. The first kappa shape index (κ1) is 58.4. The van der Waals surface area contributed by atoms with E-state index in [2.05, 4.69) is 55.7 Å². The Hall–Kier alpha value is -7.96. The molecular weight excluding hydrogens is 1060 g/mol. The van der Waals surface area contributed by atoms with Gasteiger partial charge in [-0.3, -0.25) is 39.5 Å². The molecule has 5 aromatic heterocycles. The summed E-state index contributed by atoms with van der Waals surface area (Å²) in [4.78, 5) is 63.0. The number of aromatic nitrogens is 4. The Morgan fingerprint density at radius 2 is 1.24 bits per heavy atom. The smallest absolute Gasteiger partial charge is 0.753 e. The van der Waals surface area contributed by atoms with Gasteiger partial charge in [-0.15, -0.1) is 17.0 Å². The number of nitrogens with zero attached hydrogens (tertiary/aromatic N) is 5. The number of allylic oxidation sites excluding steroid dienone is 1. The molecule has 0 radical (unpaired) electrons. The maximum Gasteiger partial charge on any atom is 2.00 e. The molecule has 72 heavy (non-hydrogen) atoms. The molecule has 0 fully saturated rings. The van der Waals surface area contributed by atoms with Crippen LogP contribution >= 0.6 is 23.6 Å². The van der Waals surface area contributed by atoms with Crippen molar-refractivity contribution in [3.05, 3.63) is 159 Å². The van der Waals surface area contributed by atoms with Crippen molar-refractivity contribution in [2.24, 2.45) is 0 Å². The van der Waals surface area contributed by atoms with Crippen LogP contribution in [0, 0.1) is 5.41 Å². The number of carbonyl (C=O) groups is 4. The van der Waals surface area contributed by atoms with Gasteiger partial charge in [0.2, 0.25) is 0 Å². The molecule has 370 valence electrons. The average molecular weight is 1100 g/mol. The molecule has 5 heterocycles. The number of isothiocyanates is 1. The molecule has 6 rings (SSSR count). The number of ether oxygens (including phenoxy) is 4. The van der Waals surface area contributed by atoms with Crippen LogP contribution < -0.4 is 9.47 Å². The van der Waals surface area contributed by atoms with Crippen LogP contribution in [0.2, 0.25) is 0 Å². The maximum absolute atomic E-state index is 12.4. The summed E-state index contributed by atoms with van der Waals surface area (Å²) in [7, 11) is 0. The fourth-order valence-corrected chi connectivity index (χ4v) is 7.10. The summed E-state index contributed by atoms with van der Waals surface area (Å²) in [6, 6.07) is 22.5. The van der Waals surface area contributed by atoms with Gasteiger partial charge < -0.3 is 30.1 Å². The second-order valence-electron chi connectivity index (χ2n) is 14.2. The Labute approximate surface area is 434 Å². The SMILES string of the molecule is CCCCCCc1ccc(/C=C/c2ccnc(/C([NH-])=C/C(=N)C(F)(F)F)c2)s1.O=CO/C=C/c1ccnc(-c2cc(-c3cc(OC=O)cc(OC=O)c3)cc(-c3cc(/C=C/OC=O)ccn3)n2)c1.[N-]=C=S.[Ru+2]. The van der Waals surface area contributed by atoms with Crippen molar-refractivity contribution in [2.75, 3.05) is 0 Å². The third-order valence-corrected chi connectivity index (χ3v) is 10.5. The second kappa shape index (κ2) is 31.3. The Bertz CT molecular complexity index is 2830. The van der Waals surface area contributed by atoms with Crippen LogP contribution in [0.25, 0.3) is 75.0 Å². The van der Waals surface area contributed by atoms with Crippen LogP contribution in [0.3, 0.4) is 0 Å². The van der Waals surface area contributed by atoms with Crippen LogP contribution in [-0.2, 0) is 54.6 Å². The topological polar surface area (TPSA) is 227 Å². The molecule has 0 amide bonds. The van der Waals surface area contributed by atoms with Crippen molar-refractivity contribution >= 4 is 90.3 Å². The molecule has 15 nitrogen and oxygen atoms in total. The van der Waals surface area contributed by atoms with Crippen molar-refractivity contribution in [3.8, 4) is 45.4 Å². The minimum atomic E-state index is -4.77. The molecule has 0 bridgehead atoms. The van der Waals surface area contributed by atoms with Crippen molar-refractivity contribution in [3.63, 3.8) is 0 Å². The van der Waals surface area contributed by atoms with Gasteiger partial charge in [0.05, 0.1) is 35.3 Å². The number of alkyl halides is 3. The van der Waals surface area contributed by atoms with E-state index in [-0.39, 0.29) is 49.6 Å². The minimum absolute atomic E-state index is 0. The fraction of sp³-hybridized carbons (Fsp3) is 0.137. The van der Waals surface area contributed by atoms with Gasteiger partial charge in [-0.2, -0.15) is 18.3 Å². The predicted octanol–water partition coefficient (Wildman–Crippen LogP) is 12.3. The number of hydrogen-bond donors (Lipinski definition) is 1. The van der Waals surface area contributed by atoms with Crippen LogP contribution in [0.15, 0.2) is 116 Å². The van der Waals surface area contributed by atoms with Gasteiger partial charge >= 0.3 is 25.7 Å². The molecule has 1 aromatic carbocycles. The van der Waals surface area contributed by atoms with E-state index in [9.17, 15) is 32.3 Å². The molecule has 21 heteroatoms. The van der Waals surface area contributed by atoms with Crippen molar-refractivity contribution < 1.29 is 70.8 Å². The van der Waals surface area contributed by atoms with Gasteiger partial charge in [0, 0.05) is 40.1 Å². The number of benzene rings is 1. The van der Waals surface area contributed by atoms with E-state index in [4.69, 9.17) is 31.0 Å². The number of thiocarbonyl (C=S) groups is 1. The second-order valence-corrected chi connectivity index (χ2v) is 15.6. The first-order valence-electron chi connectivity index (χ1n) is 21.0. The van der Waals surface area contributed by atoms with E-state index in [0.717, 1.165) is 16.9 Å². The number of thiophene rings is 1. The number of nitrogens with one attached hydrogen (secondary N) is 2. The number of hydrogen-bond acceptors (Lipinski definition) is 15. The molecule has 0 aliphatic carbocycles. The van der Waals surface area contributed by atoms with Gasteiger partial charge in [0.1, 0.15) is 17.2 Å². The third-order valence-electron chi connectivity index (χ3n) is 9.34. The minimum Gasteiger partial charge on any atom is -0.753 e. The predicted molar refractivity (Wildman–Crippen MR) is 269 cm³/mol. The van der Waals surface area contributed by atoms with Crippen LogP contribution in [0.5, 0.6) is 11.5 Å². The molecule has 0 spiro atoms. The maximum atomic E-state index is 12.4. The number of carbonyl (C=O) groups excluding carboxylic acids is 4. The Balaban J connectivity index is 0.000000376. The fourth-order valence-electron chi connectivity index (χ4n) is 6.15. The van der Waals surface area contributed by atoms with E-state index in [1.165, 1.54) is 66.6 Å². The van der Waals surface area contributed by atoms with Crippen LogP contribution in [-0.4, -0.2) is 62.9 Å². The Morgan fingerprint density at radius 3 is 1.75 bits per heavy atom.